The number of benzene rings is 2. The maximum Gasteiger partial charge on any atom is 0.387 e. The molecule has 0 atom stereocenters. The largest absolute Gasteiger partial charge is 0.872 e. The predicted molar refractivity (Wildman–Crippen MR) is 85.0 cm³/mol. The zero-order valence-corrected chi connectivity index (χ0v) is 12.8. The number of aromatic nitrogens is 2. The number of carboxylic acid groups (broad SMARTS) is 1. The molecule has 3 aromatic rings. The molecule has 6 nitrogen and oxygen atoms in total. The van der Waals surface area contributed by atoms with E-state index in [-0.39, 0.29) is 5.56 Å². The minimum Gasteiger partial charge on any atom is -0.872 e. The van der Waals surface area contributed by atoms with Crippen LogP contribution in [0.25, 0.3) is 10.8 Å². The fourth-order valence-corrected chi connectivity index (χ4v) is 2.19. The van der Waals surface area contributed by atoms with Gasteiger partial charge in [-0.15, -0.1) is 0 Å². The van der Waals surface area contributed by atoms with Crippen molar-refractivity contribution in [2.24, 2.45) is 0 Å². The molecule has 0 saturated carbocycles. The number of nitrogens with two attached hydrogens (primary N) is 1. The molecule has 0 aliphatic heterocycles. The molecular weight excluding hydrogens is 294 g/mol. The number of hydrogen-bond acceptors (Lipinski definition) is 4. The number of hydrogen-bond donors (Lipinski definition) is 2. The lowest BCUT2D eigenvalue weighted by molar-refractivity contribution is -0.374. The van der Waals surface area contributed by atoms with Crippen LogP contribution < -0.4 is 15.8 Å². The van der Waals surface area contributed by atoms with Crippen LogP contribution in [-0.2, 0) is 0 Å². The van der Waals surface area contributed by atoms with E-state index in [4.69, 9.17) is 10.8 Å². The van der Waals surface area contributed by atoms with Crippen LogP contribution in [-0.4, -0.2) is 16.1 Å². The van der Waals surface area contributed by atoms with E-state index < -0.39 is 11.7 Å². The number of carbonyl (C=O) groups is 1. The molecule has 0 aliphatic rings. The first-order valence-electron chi connectivity index (χ1n) is 6.93. The second kappa shape index (κ2) is 6.74. The highest BCUT2D eigenvalue weighted by atomic mass is 16.4. The fourth-order valence-electron chi connectivity index (χ4n) is 2.19. The van der Waals surface area contributed by atoms with E-state index in [1.807, 2.05) is 26.0 Å². The highest BCUT2D eigenvalue weighted by Crippen LogP contribution is 2.22. The lowest BCUT2D eigenvalue weighted by Gasteiger charge is -2.11. The Morgan fingerprint density at radius 3 is 2.30 bits per heavy atom. The van der Waals surface area contributed by atoms with E-state index in [1.54, 1.807) is 18.2 Å². The molecule has 0 saturated heterocycles. The first-order valence-corrected chi connectivity index (χ1v) is 6.93. The minimum absolute atomic E-state index is 0.177. The van der Waals surface area contributed by atoms with Crippen LogP contribution in [0.4, 0.5) is 5.95 Å². The van der Waals surface area contributed by atoms with Crippen LogP contribution in [0, 0.1) is 13.8 Å². The Bertz CT molecular complexity index is 812. The number of rotatable bonds is 1. The van der Waals surface area contributed by atoms with Gasteiger partial charge >= 0.3 is 11.9 Å². The molecule has 1 aromatic heterocycles. The molecule has 1 heterocycles. The number of nitrogens with zero attached hydrogens (tertiary/aromatic N) is 1. The average molecular weight is 311 g/mol. The van der Waals surface area contributed by atoms with Gasteiger partial charge < -0.3 is 10.2 Å². The molecule has 4 N–H and O–H groups in total. The molecule has 0 fully saturated rings. The van der Waals surface area contributed by atoms with Crippen molar-refractivity contribution in [1.82, 2.24) is 4.98 Å². The third-order valence-corrected chi connectivity index (χ3v) is 3.13. The lowest BCUT2D eigenvalue weighted by Crippen LogP contribution is -2.16. The standard InChI is InChI=1S/C11H8O3.C6H9N3/c12-10-6-8-4-2-1-3-7(8)5-9(10)11(13)14;1-4-3-5(2)9-6(7)8-4/h1-6,12H,(H,13,14);3H,1-2H3,(H2,7,8,9). The van der Waals surface area contributed by atoms with Gasteiger partial charge in [-0.25, -0.2) is 9.78 Å². The highest BCUT2D eigenvalue weighted by Gasteiger charge is 2.04. The second-order valence-electron chi connectivity index (χ2n) is 5.09. The van der Waals surface area contributed by atoms with E-state index in [0.717, 1.165) is 22.2 Å². The molecule has 0 unspecified atom stereocenters. The van der Waals surface area contributed by atoms with Crippen molar-refractivity contribution in [3.63, 3.8) is 0 Å². The number of carboxylic acids is 1. The van der Waals surface area contributed by atoms with Crippen LogP contribution in [0.1, 0.15) is 21.7 Å². The van der Waals surface area contributed by atoms with Crippen molar-refractivity contribution in [1.29, 1.82) is 0 Å². The Balaban J connectivity index is 0.000000185. The molecule has 0 bridgehead atoms. The molecule has 6 heteroatoms. The first kappa shape index (κ1) is 16.2. The van der Waals surface area contributed by atoms with E-state index in [9.17, 15) is 9.90 Å². The highest BCUT2D eigenvalue weighted by molar-refractivity contribution is 5.97. The third-order valence-electron chi connectivity index (χ3n) is 3.13. The Hall–Kier alpha value is -3.15. The number of nitrogen functional groups attached to an aromatic ring is 1. The fraction of sp³-hybridized carbons (Fsp3) is 0.118. The zero-order valence-electron chi connectivity index (χ0n) is 12.8. The summed E-state index contributed by atoms with van der Waals surface area (Å²) in [6.45, 7) is 3.86. The number of fused-ring (bicyclic) bond motifs is 1. The van der Waals surface area contributed by atoms with Crippen molar-refractivity contribution in [2.75, 3.05) is 5.73 Å². The van der Waals surface area contributed by atoms with Crippen molar-refractivity contribution in [3.8, 4) is 5.75 Å². The van der Waals surface area contributed by atoms with Crippen molar-refractivity contribution >= 4 is 22.7 Å². The molecule has 0 amide bonds. The SMILES string of the molecule is Cc1cc(C)[nH+]c(N)n1.O=C(O)c1cc2ccccc2cc1[O-]. The third kappa shape index (κ3) is 4.16. The van der Waals surface area contributed by atoms with E-state index >= 15 is 0 Å². The van der Waals surface area contributed by atoms with E-state index in [1.165, 1.54) is 12.1 Å². The molecule has 0 radical (unpaired) electrons. The second-order valence-corrected chi connectivity index (χ2v) is 5.09. The number of nitrogens with one attached hydrogen (secondary N) is 1. The molecular formula is C17H17N3O3. The zero-order chi connectivity index (χ0) is 17.0. The number of aryl methyl sites for hydroxylation is 2. The normalized spacial score (nSPS) is 10.0. The summed E-state index contributed by atoms with van der Waals surface area (Å²) in [4.78, 5) is 17.5. The van der Waals surface area contributed by atoms with Gasteiger partial charge in [0.1, 0.15) is 5.69 Å². The lowest BCUT2D eigenvalue weighted by atomic mass is 10.1. The van der Waals surface area contributed by atoms with Crippen molar-refractivity contribution in [2.45, 2.75) is 13.8 Å². The Labute approximate surface area is 133 Å². The summed E-state index contributed by atoms with van der Waals surface area (Å²) in [6, 6.07) is 11.9. The quantitative estimate of drug-likeness (QED) is 0.710. The summed E-state index contributed by atoms with van der Waals surface area (Å²) < 4.78 is 0. The van der Waals surface area contributed by atoms with Crippen LogP contribution in [0.2, 0.25) is 0 Å². The predicted octanol–water partition coefficient (Wildman–Crippen LogP) is 1.71. The molecule has 3 rings (SSSR count). The van der Waals surface area contributed by atoms with Gasteiger partial charge in [0.25, 0.3) is 0 Å². The summed E-state index contributed by atoms with van der Waals surface area (Å²) in [7, 11) is 0. The van der Waals surface area contributed by atoms with Gasteiger partial charge in [0.05, 0.1) is 11.3 Å². The van der Waals surface area contributed by atoms with Crippen LogP contribution in [0.3, 0.4) is 0 Å². The van der Waals surface area contributed by atoms with Crippen molar-refractivity contribution in [3.05, 3.63) is 59.4 Å². The van der Waals surface area contributed by atoms with Gasteiger partial charge in [0.2, 0.25) is 0 Å². The Morgan fingerprint density at radius 1 is 1.17 bits per heavy atom. The summed E-state index contributed by atoms with van der Waals surface area (Å²) >= 11 is 0. The maximum absolute atomic E-state index is 11.3. The average Bonchev–Trinajstić information content (AvgIpc) is 2.45. The number of anilines is 1. The number of aromatic amines is 1. The monoisotopic (exact) mass is 311 g/mol. The minimum atomic E-state index is -1.18. The van der Waals surface area contributed by atoms with Gasteiger partial charge in [-0.2, -0.15) is 0 Å². The number of aromatic carboxylic acids is 1. The summed E-state index contributed by atoms with van der Waals surface area (Å²) in [5.74, 6) is -1.15. The van der Waals surface area contributed by atoms with E-state index in [0.29, 0.717) is 5.95 Å². The molecule has 2 aromatic carbocycles. The molecule has 0 aliphatic carbocycles. The molecule has 0 spiro atoms. The Morgan fingerprint density at radius 2 is 1.78 bits per heavy atom. The Kier molecular flexibility index (Phi) is 4.75. The van der Waals surface area contributed by atoms with Crippen molar-refractivity contribution < 1.29 is 20.0 Å². The van der Waals surface area contributed by atoms with Gasteiger partial charge in [0.15, 0.2) is 0 Å². The van der Waals surface area contributed by atoms with Gasteiger partial charge in [-0.1, -0.05) is 41.1 Å². The van der Waals surface area contributed by atoms with Crippen LogP contribution >= 0.6 is 0 Å². The number of H-pyrrole nitrogens is 1. The maximum atomic E-state index is 11.3. The van der Waals surface area contributed by atoms with Gasteiger partial charge in [0, 0.05) is 6.07 Å². The molecule has 23 heavy (non-hydrogen) atoms. The topological polar surface area (TPSA) is 113 Å². The van der Waals surface area contributed by atoms with E-state index in [2.05, 4.69) is 9.97 Å². The summed E-state index contributed by atoms with van der Waals surface area (Å²) in [6.07, 6.45) is 0. The smallest absolute Gasteiger partial charge is 0.387 e. The van der Waals surface area contributed by atoms with Crippen LogP contribution in [0.5, 0.6) is 5.75 Å². The van der Waals surface area contributed by atoms with Gasteiger partial charge in [-0.3, -0.25) is 5.73 Å². The van der Waals surface area contributed by atoms with Gasteiger partial charge in [-0.05, 0) is 30.7 Å². The molecule has 118 valence electrons. The summed E-state index contributed by atoms with van der Waals surface area (Å²) in [5, 5.41) is 21.6. The van der Waals surface area contributed by atoms with Crippen LogP contribution in [0.15, 0.2) is 42.5 Å². The summed E-state index contributed by atoms with van der Waals surface area (Å²) in [5.41, 5.74) is 7.21. The first-order chi connectivity index (χ1) is 10.9.